The van der Waals surface area contributed by atoms with E-state index in [1.807, 2.05) is 26.0 Å². The predicted octanol–water partition coefficient (Wildman–Crippen LogP) is 6.03. The van der Waals surface area contributed by atoms with Gasteiger partial charge in [0.15, 0.2) is 0 Å². The van der Waals surface area contributed by atoms with Gasteiger partial charge in [-0.3, -0.25) is 4.79 Å². The Hall–Kier alpha value is -3.08. The summed E-state index contributed by atoms with van der Waals surface area (Å²) >= 11 is 0. The molecule has 3 aromatic rings. The van der Waals surface area contributed by atoms with Crippen molar-refractivity contribution >= 4 is 16.9 Å². The van der Waals surface area contributed by atoms with Gasteiger partial charge < -0.3 is 13.9 Å². The zero-order valence-corrected chi connectivity index (χ0v) is 21.0. The van der Waals surface area contributed by atoms with Crippen LogP contribution in [0.1, 0.15) is 63.4 Å². The van der Waals surface area contributed by atoms with Gasteiger partial charge in [0.05, 0.1) is 6.61 Å². The number of fused-ring (bicyclic) bond motifs is 1. The molecule has 0 radical (unpaired) electrons. The second-order valence-electron chi connectivity index (χ2n) is 8.76. The lowest BCUT2D eigenvalue weighted by Gasteiger charge is -2.20. The predicted molar refractivity (Wildman–Crippen MR) is 131 cm³/mol. The highest BCUT2D eigenvalue weighted by atomic mass is 16.5. The van der Waals surface area contributed by atoms with Crippen molar-refractivity contribution < 1.29 is 18.7 Å². The van der Waals surface area contributed by atoms with E-state index in [2.05, 4.69) is 34.6 Å². The molecule has 0 aliphatic carbocycles. The molecule has 1 aromatic heterocycles. The van der Waals surface area contributed by atoms with Gasteiger partial charge in [0, 0.05) is 22.9 Å². The fraction of sp³-hybridized carbons (Fsp3) is 0.429. The Labute approximate surface area is 195 Å². The first kappa shape index (κ1) is 24.6. The summed E-state index contributed by atoms with van der Waals surface area (Å²) in [6.45, 7) is 17.1. The molecule has 0 aliphatic rings. The first-order chi connectivity index (χ1) is 15.6. The molecule has 0 unspecified atom stereocenters. The molecular formula is C28H34O5. The van der Waals surface area contributed by atoms with Crippen LogP contribution >= 0.6 is 0 Å². The summed E-state index contributed by atoms with van der Waals surface area (Å²) in [5.41, 5.74) is 9.87. The Bertz CT molecular complexity index is 1250. The number of benzene rings is 2. The van der Waals surface area contributed by atoms with E-state index in [0.29, 0.717) is 36.5 Å². The summed E-state index contributed by atoms with van der Waals surface area (Å²) in [6, 6.07) is 3.85. The van der Waals surface area contributed by atoms with Crippen molar-refractivity contribution in [2.75, 3.05) is 6.61 Å². The molecule has 2 aromatic carbocycles. The van der Waals surface area contributed by atoms with E-state index in [-0.39, 0.29) is 12.4 Å². The molecule has 1 heterocycles. The fourth-order valence-corrected chi connectivity index (χ4v) is 4.42. The molecule has 0 spiro atoms. The maximum Gasteiger partial charge on any atom is 0.339 e. The standard InChI is InChI=1S/C28H34O5/c1-9-31-26(29)13-11-23-20(7)22-10-12-25(21(8)27(22)33-28(23)30)32-14-24-18(5)16(3)15(2)17(4)19(24)6/h10,12H,9,11,13-14H2,1-8H3. The molecule has 0 saturated carbocycles. The first-order valence-electron chi connectivity index (χ1n) is 11.5. The summed E-state index contributed by atoms with van der Waals surface area (Å²) in [7, 11) is 0. The summed E-state index contributed by atoms with van der Waals surface area (Å²) < 4.78 is 16.9. The van der Waals surface area contributed by atoms with Crippen LogP contribution in [0, 0.1) is 48.5 Å². The van der Waals surface area contributed by atoms with Crippen LogP contribution in [0.5, 0.6) is 5.75 Å². The van der Waals surface area contributed by atoms with Crippen molar-refractivity contribution in [2.45, 2.75) is 74.8 Å². The average molecular weight is 451 g/mol. The molecule has 0 aliphatic heterocycles. The fourth-order valence-electron chi connectivity index (χ4n) is 4.42. The van der Waals surface area contributed by atoms with Crippen molar-refractivity contribution in [1.82, 2.24) is 0 Å². The van der Waals surface area contributed by atoms with Crippen molar-refractivity contribution in [1.29, 1.82) is 0 Å². The van der Waals surface area contributed by atoms with E-state index in [4.69, 9.17) is 13.9 Å². The van der Waals surface area contributed by atoms with E-state index >= 15 is 0 Å². The molecule has 5 heteroatoms. The Morgan fingerprint density at radius 3 is 2.03 bits per heavy atom. The molecule has 5 nitrogen and oxygen atoms in total. The Morgan fingerprint density at radius 2 is 1.42 bits per heavy atom. The van der Waals surface area contributed by atoms with Gasteiger partial charge in [-0.25, -0.2) is 4.79 Å². The highest BCUT2D eigenvalue weighted by Crippen LogP contribution is 2.32. The van der Waals surface area contributed by atoms with Crippen molar-refractivity contribution in [3.8, 4) is 5.75 Å². The third-order valence-electron chi connectivity index (χ3n) is 7.07. The molecule has 0 fully saturated rings. The number of rotatable bonds is 7. The summed E-state index contributed by atoms with van der Waals surface area (Å²) in [5, 5.41) is 0.854. The average Bonchev–Trinajstić information content (AvgIpc) is 2.78. The lowest BCUT2D eigenvalue weighted by atomic mass is 9.90. The van der Waals surface area contributed by atoms with Crippen LogP contribution in [-0.2, 0) is 22.6 Å². The first-order valence-corrected chi connectivity index (χ1v) is 11.5. The number of carbonyl (C=O) groups is 1. The molecule has 176 valence electrons. The maximum atomic E-state index is 12.7. The van der Waals surface area contributed by atoms with Crippen LogP contribution in [-0.4, -0.2) is 12.6 Å². The number of esters is 1. The lowest BCUT2D eigenvalue weighted by Crippen LogP contribution is -2.14. The van der Waals surface area contributed by atoms with Crippen LogP contribution in [0.15, 0.2) is 21.3 Å². The second kappa shape index (κ2) is 9.82. The smallest absolute Gasteiger partial charge is 0.339 e. The molecule has 0 atom stereocenters. The minimum absolute atomic E-state index is 0.152. The van der Waals surface area contributed by atoms with E-state index in [1.54, 1.807) is 6.92 Å². The van der Waals surface area contributed by atoms with Gasteiger partial charge >= 0.3 is 11.6 Å². The van der Waals surface area contributed by atoms with Crippen LogP contribution < -0.4 is 10.4 Å². The van der Waals surface area contributed by atoms with Crippen molar-refractivity contribution in [2.24, 2.45) is 0 Å². The molecule has 33 heavy (non-hydrogen) atoms. The number of ether oxygens (including phenoxy) is 2. The summed E-state index contributed by atoms with van der Waals surface area (Å²) in [4.78, 5) is 24.4. The number of hydrogen-bond acceptors (Lipinski definition) is 5. The maximum absolute atomic E-state index is 12.7. The number of carbonyl (C=O) groups excluding carboxylic acids is 1. The lowest BCUT2D eigenvalue weighted by molar-refractivity contribution is -0.143. The van der Waals surface area contributed by atoms with Crippen LogP contribution in [0.25, 0.3) is 11.0 Å². The van der Waals surface area contributed by atoms with Gasteiger partial charge in [-0.1, -0.05) is 0 Å². The molecule has 3 rings (SSSR count). The quantitative estimate of drug-likeness (QED) is 0.325. The van der Waals surface area contributed by atoms with Crippen molar-refractivity contribution in [3.05, 3.63) is 72.6 Å². The highest BCUT2D eigenvalue weighted by Gasteiger charge is 2.18. The Balaban J connectivity index is 1.93. The van der Waals surface area contributed by atoms with E-state index in [1.165, 1.54) is 33.4 Å². The van der Waals surface area contributed by atoms with Gasteiger partial charge in [-0.05, 0) is 113 Å². The van der Waals surface area contributed by atoms with Crippen molar-refractivity contribution in [3.63, 3.8) is 0 Å². The van der Waals surface area contributed by atoms with E-state index in [9.17, 15) is 9.59 Å². The number of aryl methyl sites for hydroxylation is 2. The second-order valence-corrected chi connectivity index (χ2v) is 8.76. The van der Waals surface area contributed by atoms with Crippen LogP contribution in [0.2, 0.25) is 0 Å². The van der Waals surface area contributed by atoms with Gasteiger partial charge in [-0.15, -0.1) is 0 Å². The topological polar surface area (TPSA) is 65.7 Å². The molecule has 0 amide bonds. The molecule has 0 saturated heterocycles. The van der Waals surface area contributed by atoms with Gasteiger partial charge in [-0.2, -0.15) is 0 Å². The normalized spacial score (nSPS) is 11.2. The van der Waals surface area contributed by atoms with Crippen LogP contribution in [0.3, 0.4) is 0 Å². The molecular weight excluding hydrogens is 416 g/mol. The third kappa shape index (κ3) is 4.68. The zero-order valence-electron chi connectivity index (χ0n) is 21.0. The van der Waals surface area contributed by atoms with Crippen LogP contribution in [0.4, 0.5) is 0 Å². The van der Waals surface area contributed by atoms with Gasteiger partial charge in [0.25, 0.3) is 0 Å². The minimum atomic E-state index is -0.416. The third-order valence-corrected chi connectivity index (χ3v) is 7.07. The minimum Gasteiger partial charge on any atom is -0.488 e. The van der Waals surface area contributed by atoms with Gasteiger partial charge in [0.2, 0.25) is 0 Å². The monoisotopic (exact) mass is 450 g/mol. The number of hydrogen-bond donors (Lipinski definition) is 0. The van der Waals surface area contributed by atoms with E-state index < -0.39 is 5.63 Å². The van der Waals surface area contributed by atoms with Gasteiger partial charge in [0.1, 0.15) is 17.9 Å². The summed E-state index contributed by atoms with van der Waals surface area (Å²) in [5.74, 6) is 0.377. The Kier molecular flexibility index (Phi) is 7.31. The van der Waals surface area contributed by atoms with E-state index in [0.717, 1.165) is 16.5 Å². The Morgan fingerprint density at radius 1 is 0.818 bits per heavy atom. The largest absolute Gasteiger partial charge is 0.488 e. The molecule has 0 N–H and O–H groups in total. The highest BCUT2D eigenvalue weighted by molar-refractivity contribution is 5.85. The molecule has 0 bridgehead atoms. The SMILES string of the molecule is CCOC(=O)CCc1c(C)c2ccc(OCc3c(C)c(C)c(C)c(C)c3C)c(C)c2oc1=O. The zero-order chi connectivity index (χ0) is 24.4. The summed E-state index contributed by atoms with van der Waals surface area (Å²) in [6.07, 6.45) is 0.449.